The average molecular weight is 396 g/mol. The molecule has 0 radical (unpaired) electrons. The van der Waals surface area contributed by atoms with Gasteiger partial charge in [-0.05, 0) is 39.0 Å². The molecule has 0 aliphatic rings. The molecular formula is C24H45NO3. The second-order valence-electron chi connectivity index (χ2n) is 8.13. The molecule has 4 nitrogen and oxygen atoms in total. The minimum Gasteiger partial charge on any atom is -0.462 e. The van der Waals surface area contributed by atoms with Crippen molar-refractivity contribution >= 4 is 11.9 Å². The molecule has 0 saturated carbocycles. The highest BCUT2D eigenvalue weighted by atomic mass is 16.5. The third-order valence-electron chi connectivity index (χ3n) is 4.94. The first-order valence-corrected chi connectivity index (χ1v) is 11.5. The second-order valence-corrected chi connectivity index (χ2v) is 8.13. The Morgan fingerprint density at radius 1 is 0.821 bits per heavy atom. The quantitative estimate of drug-likeness (QED) is 0.152. The fourth-order valence-corrected chi connectivity index (χ4v) is 3.09. The van der Waals surface area contributed by atoms with Gasteiger partial charge >= 0.3 is 5.97 Å². The van der Waals surface area contributed by atoms with Crippen LogP contribution in [0.1, 0.15) is 110 Å². The molecule has 0 N–H and O–H groups in total. The van der Waals surface area contributed by atoms with Crippen LogP contribution in [0.4, 0.5) is 0 Å². The lowest BCUT2D eigenvalue weighted by Gasteiger charge is -2.15. The van der Waals surface area contributed by atoms with E-state index in [9.17, 15) is 9.59 Å². The van der Waals surface area contributed by atoms with Crippen molar-refractivity contribution in [2.24, 2.45) is 0 Å². The first-order chi connectivity index (χ1) is 13.5. The molecule has 0 aromatic carbocycles. The molecule has 0 saturated heterocycles. The Morgan fingerprint density at radius 2 is 1.32 bits per heavy atom. The summed E-state index contributed by atoms with van der Waals surface area (Å²) in [5.74, 6) is -0.196. The number of carbonyl (C=O) groups excluding carboxylic acids is 2. The highest BCUT2D eigenvalue weighted by Gasteiger charge is 2.14. The summed E-state index contributed by atoms with van der Waals surface area (Å²) in [4.78, 5) is 24.9. The van der Waals surface area contributed by atoms with Crippen molar-refractivity contribution in [3.05, 3.63) is 12.2 Å². The van der Waals surface area contributed by atoms with Crippen LogP contribution in [0.3, 0.4) is 0 Å². The summed E-state index contributed by atoms with van der Waals surface area (Å²) >= 11 is 0. The second kappa shape index (κ2) is 19.0. The minimum atomic E-state index is -0.342. The maximum atomic E-state index is 11.8. The van der Waals surface area contributed by atoms with Crippen molar-refractivity contribution in [3.63, 3.8) is 0 Å². The summed E-state index contributed by atoms with van der Waals surface area (Å²) in [7, 11) is 3.42. The van der Waals surface area contributed by atoms with Crippen molar-refractivity contribution in [2.75, 3.05) is 14.1 Å². The fourth-order valence-electron chi connectivity index (χ4n) is 3.09. The van der Waals surface area contributed by atoms with Crippen LogP contribution < -0.4 is 0 Å². The molecule has 28 heavy (non-hydrogen) atoms. The van der Waals surface area contributed by atoms with Gasteiger partial charge in [0, 0.05) is 20.5 Å². The third kappa shape index (κ3) is 18.1. The van der Waals surface area contributed by atoms with Crippen LogP contribution >= 0.6 is 0 Å². The van der Waals surface area contributed by atoms with Gasteiger partial charge in [0.15, 0.2) is 0 Å². The molecule has 4 heteroatoms. The Balaban J connectivity index is 3.41. The topological polar surface area (TPSA) is 46.6 Å². The highest BCUT2D eigenvalue weighted by Crippen LogP contribution is 2.11. The number of allylic oxidation sites excluding steroid dienone is 2. The number of carbonyl (C=O) groups is 2. The maximum absolute atomic E-state index is 11.8. The van der Waals surface area contributed by atoms with E-state index in [-0.39, 0.29) is 24.4 Å². The lowest BCUT2D eigenvalue weighted by molar-refractivity contribution is -0.150. The predicted molar refractivity (Wildman–Crippen MR) is 118 cm³/mol. The summed E-state index contributed by atoms with van der Waals surface area (Å²) in [5.41, 5.74) is 0. The van der Waals surface area contributed by atoms with Crippen molar-refractivity contribution in [2.45, 2.75) is 116 Å². The van der Waals surface area contributed by atoms with Gasteiger partial charge in [-0.2, -0.15) is 0 Å². The van der Waals surface area contributed by atoms with Crippen molar-refractivity contribution in [1.29, 1.82) is 0 Å². The Morgan fingerprint density at radius 3 is 1.86 bits per heavy atom. The molecular weight excluding hydrogens is 350 g/mol. The number of ether oxygens (including phenoxy) is 1. The van der Waals surface area contributed by atoms with Crippen LogP contribution in [0, 0.1) is 0 Å². The summed E-state index contributed by atoms with van der Waals surface area (Å²) in [6.07, 6.45) is 21.2. The van der Waals surface area contributed by atoms with Crippen LogP contribution in [0.25, 0.3) is 0 Å². The monoisotopic (exact) mass is 395 g/mol. The number of amides is 1. The molecule has 0 aromatic heterocycles. The normalized spacial score (nSPS) is 12.3. The smallest absolute Gasteiger partial charge is 0.306 e. The van der Waals surface area contributed by atoms with E-state index >= 15 is 0 Å². The molecule has 0 aliphatic carbocycles. The fraction of sp³-hybridized carbons (Fsp3) is 0.833. The van der Waals surface area contributed by atoms with Crippen LogP contribution in [0.15, 0.2) is 12.2 Å². The number of hydrogen-bond acceptors (Lipinski definition) is 3. The van der Waals surface area contributed by atoms with Crippen molar-refractivity contribution in [1.82, 2.24) is 4.90 Å². The number of rotatable bonds is 18. The molecule has 0 rings (SSSR count). The third-order valence-corrected chi connectivity index (χ3v) is 4.94. The molecule has 1 unspecified atom stereocenters. The number of esters is 1. The zero-order chi connectivity index (χ0) is 21.0. The maximum Gasteiger partial charge on any atom is 0.306 e. The predicted octanol–water partition coefficient (Wildman–Crippen LogP) is 6.43. The van der Waals surface area contributed by atoms with E-state index in [1.54, 1.807) is 21.0 Å². The average Bonchev–Trinajstić information content (AvgIpc) is 2.64. The van der Waals surface area contributed by atoms with E-state index in [0.717, 1.165) is 12.8 Å². The molecule has 0 aromatic rings. The standard InChI is InChI=1S/C24H45NO3/c1-5-6-7-8-9-10-11-12-13-14-15-16-17-18-19-20-24(27)28-22(2)21-23(26)25(3)4/h12-13,22H,5-11,14-21H2,1-4H3/b13-12+. The lowest BCUT2D eigenvalue weighted by atomic mass is 10.1. The van der Waals surface area contributed by atoms with Crippen LogP contribution in [-0.2, 0) is 14.3 Å². The lowest BCUT2D eigenvalue weighted by Crippen LogP contribution is -2.27. The van der Waals surface area contributed by atoms with E-state index < -0.39 is 0 Å². The van der Waals surface area contributed by atoms with E-state index in [0.29, 0.717) is 6.42 Å². The van der Waals surface area contributed by atoms with Gasteiger partial charge in [-0.15, -0.1) is 0 Å². The van der Waals surface area contributed by atoms with E-state index in [1.807, 2.05) is 0 Å². The molecule has 0 spiro atoms. The number of hydrogen-bond donors (Lipinski definition) is 0. The molecule has 0 heterocycles. The zero-order valence-corrected chi connectivity index (χ0v) is 19.0. The highest BCUT2D eigenvalue weighted by molar-refractivity contribution is 5.76. The van der Waals surface area contributed by atoms with Gasteiger partial charge in [0.1, 0.15) is 6.10 Å². The Bertz CT molecular complexity index is 418. The summed E-state index contributed by atoms with van der Waals surface area (Å²) in [5, 5.41) is 0. The molecule has 1 atom stereocenters. The van der Waals surface area contributed by atoms with E-state index in [1.165, 1.54) is 75.5 Å². The molecule has 0 aliphatic heterocycles. The molecule has 0 fully saturated rings. The van der Waals surface area contributed by atoms with E-state index in [4.69, 9.17) is 4.74 Å². The van der Waals surface area contributed by atoms with Crippen molar-refractivity contribution in [3.8, 4) is 0 Å². The van der Waals surface area contributed by atoms with Gasteiger partial charge in [0.25, 0.3) is 0 Å². The zero-order valence-electron chi connectivity index (χ0n) is 19.0. The summed E-state index contributed by atoms with van der Waals surface area (Å²) in [6, 6.07) is 0. The molecule has 1 amide bonds. The van der Waals surface area contributed by atoms with Gasteiger partial charge in [-0.1, -0.05) is 70.4 Å². The van der Waals surface area contributed by atoms with Crippen LogP contribution in [-0.4, -0.2) is 37.0 Å². The minimum absolute atomic E-state index is 0.0127. The van der Waals surface area contributed by atoms with Gasteiger partial charge < -0.3 is 9.64 Å². The van der Waals surface area contributed by atoms with Gasteiger partial charge in [-0.3, -0.25) is 9.59 Å². The SMILES string of the molecule is CCCCCCCC/C=C/CCCCCCCC(=O)OC(C)CC(=O)N(C)C. The van der Waals surface area contributed by atoms with E-state index in [2.05, 4.69) is 19.1 Å². The Labute approximate surface area is 174 Å². The Hall–Kier alpha value is -1.32. The summed E-state index contributed by atoms with van der Waals surface area (Å²) in [6.45, 7) is 4.04. The number of unbranched alkanes of at least 4 members (excludes halogenated alkanes) is 11. The van der Waals surface area contributed by atoms with Crippen molar-refractivity contribution < 1.29 is 14.3 Å². The first kappa shape index (κ1) is 26.7. The number of nitrogens with zero attached hydrogens (tertiary/aromatic N) is 1. The molecule has 0 bridgehead atoms. The Kier molecular flexibility index (Phi) is 18.1. The first-order valence-electron chi connectivity index (χ1n) is 11.5. The van der Waals surface area contributed by atoms with Crippen LogP contribution in [0.2, 0.25) is 0 Å². The van der Waals surface area contributed by atoms with Crippen LogP contribution in [0.5, 0.6) is 0 Å². The largest absolute Gasteiger partial charge is 0.462 e. The molecule has 164 valence electrons. The summed E-state index contributed by atoms with van der Waals surface area (Å²) < 4.78 is 5.29. The van der Waals surface area contributed by atoms with Gasteiger partial charge in [0.2, 0.25) is 5.91 Å². The van der Waals surface area contributed by atoms with Gasteiger partial charge in [0.05, 0.1) is 6.42 Å². The van der Waals surface area contributed by atoms with Gasteiger partial charge in [-0.25, -0.2) is 0 Å².